The van der Waals surface area contributed by atoms with Gasteiger partial charge in [-0.15, -0.1) is 6.58 Å². The molecule has 2 nitrogen and oxygen atoms in total. The van der Waals surface area contributed by atoms with Crippen molar-refractivity contribution in [1.82, 2.24) is 0 Å². The minimum atomic E-state index is 0.112. The molecule has 0 aliphatic rings. The molecule has 0 spiro atoms. The smallest absolute Gasteiger partial charge is 0.159 e. The second kappa shape index (κ2) is 6.11. The molecule has 0 unspecified atom stereocenters. The van der Waals surface area contributed by atoms with Crippen molar-refractivity contribution >= 4 is 11.5 Å². The average molecular weight is 217 g/mol. The Hall–Kier alpha value is -1.57. The van der Waals surface area contributed by atoms with Crippen LogP contribution in [0.15, 0.2) is 36.9 Å². The van der Waals surface area contributed by atoms with Gasteiger partial charge >= 0.3 is 0 Å². The number of Topliss-reactive ketones (excluding diaryl/α,β-unsaturated/α-hetero) is 1. The third-order valence-electron chi connectivity index (χ3n) is 2.62. The maximum absolute atomic E-state index is 11.1. The van der Waals surface area contributed by atoms with Gasteiger partial charge in [0.25, 0.3) is 0 Å². The van der Waals surface area contributed by atoms with Crippen molar-refractivity contribution in [3.8, 4) is 0 Å². The molecule has 0 saturated heterocycles. The summed E-state index contributed by atoms with van der Waals surface area (Å²) in [5, 5.41) is 0. The Morgan fingerprint density at radius 3 is 2.50 bits per heavy atom. The zero-order valence-electron chi connectivity index (χ0n) is 10.1. The summed E-state index contributed by atoms with van der Waals surface area (Å²) >= 11 is 0. The third-order valence-corrected chi connectivity index (χ3v) is 2.62. The van der Waals surface area contributed by atoms with Crippen LogP contribution in [0.5, 0.6) is 0 Å². The molecular formula is C14H19NO. The van der Waals surface area contributed by atoms with Crippen molar-refractivity contribution in [2.24, 2.45) is 0 Å². The van der Waals surface area contributed by atoms with E-state index < -0.39 is 0 Å². The van der Waals surface area contributed by atoms with Crippen molar-refractivity contribution in [1.29, 1.82) is 0 Å². The number of anilines is 1. The Kier molecular flexibility index (Phi) is 4.77. The van der Waals surface area contributed by atoms with E-state index in [0.717, 1.165) is 30.6 Å². The van der Waals surface area contributed by atoms with Crippen LogP contribution in [-0.4, -0.2) is 19.4 Å². The van der Waals surface area contributed by atoms with Crippen molar-refractivity contribution in [3.05, 3.63) is 42.5 Å². The lowest BCUT2D eigenvalue weighted by molar-refractivity contribution is 0.101. The Bertz CT molecular complexity index is 354. The number of hydrogen-bond acceptors (Lipinski definition) is 2. The highest BCUT2D eigenvalue weighted by molar-refractivity contribution is 5.94. The summed E-state index contributed by atoms with van der Waals surface area (Å²) in [5.74, 6) is 0.112. The van der Waals surface area contributed by atoms with Crippen LogP contribution < -0.4 is 4.90 Å². The summed E-state index contributed by atoms with van der Waals surface area (Å²) in [6, 6.07) is 7.73. The first kappa shape index (κ1) is 12.5. The molecule has 0 fully saturated rings. The molecule has 86 valence electrons. The zero-order valence-corrected chi connectivity index (χ0v) is 10.1. The molecule has 16 heavy (non-hydrogen) atoms. The van der Waals surface area contributed by atoms with Crippen LogP contribution in [0.2, 0.25) is 0 Å². The maximum Gasteiger partial charge on any atom is 0.159 e. The monoisotopic (exact) mass is 217 g/mol. The highest BCUT2D eigenvalue weighted by atomic mass is 16.1. The second-order valence-corrected chi connectivity index (χ2v) is 3.96. The van der Waals surface area contributed by atoms with Gasteiger partial charge < -0.3 is 4.90 Å². The van der Waals surface area contributed by atoms with Crippen LogP contribution in [0, 0.1) is 0 Å². The van der Waals surface area contributed by atoms with Crippen molar-refractivity contribution in [2.45, 2.75) is 19.8 Å². The number of rotatable bonds is 6. The van der Waals surface area contributed by atoms with Crippen molar-refractivity contribution in [3.63, 3.8) is 0 Å². The molecule has 0 atom stereocenters. The molecule has 0 aliphatic heterocycles. The molecule has 1 aromatic carbocycles. The summed E-state index contributed by atoms with van der Waals surface area (Å²) in [5.41, 5.74) is 1.91. The fourth-order valence-corrected chi connectivity index (χ4v) is 1.55. The predicted molar refractivity (Wildman–Crippen MR) is 69.1 cm³/mol. The molecule has 0 aliphatic carbocycles. The maximum atomic E-state index is 11.1. The lowest BCUT2D eigenvalue weighted by Gasteiger charge is -2.18. The predicted octanol–water partition coefficient (Wildman–Crippen LogP) is 3.29. The minimum Gasteiger partial charge on any atom is -0.375 e. The van der Waals surface area contributed by atoms with Gasteiger partial charge in [0.05, 0.1) is 0 Å². The first-order valence-electron chi connectivity index (χ1n) is 5.58. The van der Waals surface area contributed by atoms with Gasteiger partial charge in [0.15, 0.2) is 5.78 Å². The lowest BCUT2D eigenvalue weighted by atomic mass is 10.1. The van der Waals surface area contributed by atoms with Gasteiger partial charge in [-0.3, -0.25) is 4.79 Å². The summed E-state index contributed by atoms with van der Waals surface area (Å²) < 4.78 is 0. The van der Waals surface area contributed by atoms with E-state index in [4.69, 9.17) is 0 Å². The molecule has 0 radical (unpaired) electrons. The molecule has 0 heterocycles. The summed E-state index contributed by atoms with van der Waals surface area (Å²) in [4.78, 5) is 13.3. The molecule has 0 amide bonds. The SMILES string of the molecule is C=CCCCN(C)c1ccc(C(C)=O)cc1. The highest BCUT2D eigenvalue weighted by Gasteiger charge is 2.02. The first-order valence-corrected chi connectivity index (χ1v) is 5.58. The Morgan fingerprint density at radius 1 is 1.38 bits per heavy atom. The van der Waals surface area contributed by atoms with Crippen molar-refractivity contribution in [2.75, 3.05) is 18.5 Å². The van der Waals surface area contributed by atoms with Crippen molar-refractivity contribution < 1.29 is 4.79 Å². The van der Waals surface area contributed by atoms with Gasteiger partial charge in [0, 0.05) is 24.8 Å². The molecule has 0 N–H and O–H groups in total. The Labute approximate surface area is 97.6 Å². The number of ketones is 1. The quantitative estimate of drug-likeness (QED) is 0.414. The van der Waals surface area contributed by atoms with Gasteiger partial charge in [0.2, 0.25) is 0 Å². The van der Waals surface area contributed by atoms with E-state index in [2.05, 4.69) is 18.5 Å². The van der Waals surface area contributed by atoms with Gasteiger partial charge in [-0.1, -0.05) is 6.08 Å². The van der Waals surface area contributed by atoms with E-state index in [-0.39, 0.29) is 5.78 Å². The first-order chi connectivity index (χ1) is 7.65. The molecular weight excluding hydrogens is 198 g/mol. The van der Waals surface area contributed by atoms with E-state index in [1.165, 1.54) is 0 Å². The van der Waals surface area contributed by atoms with E-state index in [9.17, 15) is 4.79 Å². The zero-order chi connectivity index (χ0) is 12.0. The Balaban J connectivity index is 2.59. The summed E-state index contributed by atoms with van der Waals surface area (Å²) in [6.45, 7) is 6.30. The summed E-state index contributed by atoms with van der Waals surface area (Å²) in [6.07, 6.45) is 4.08. The van der Waals surface area contributed by atoms with Gasteiger partial charge in [0.1, 0.15) is 0 Å². The topological polar surface area (TPSA) is 20.3 Å². The molecule has 1 rings (SSSR count). The van der Waals surface area contributed by atoms with E-state index >= 15 is 0 Å². The van der Waals surface area contributed by atoms with E-state index in [1.807, 2.05) is 30.3 Å². The van der Waals surface area contributed by atoms with Gasteiger partial charge in [-0.25, -0.2) is 0 Å². The van der Waals surface area contributed by atoms with Crippen LogP contribution in [0.1, 0.15) is 30.1 Å². The number of unbranched alkanes of at least 4 members (excludes halogenated alkanes) is 1. The van der Waals surface area contributed by atoms with E-state index in [1.54, 1.807) is 6.92 Å². The van der Waals surface area contributed by atoms with Crippen LogP contribution in [0.25, 0.3) is 0 Å². The highest BCUT2D eigenvalue weighted by Crippen LogP contribution is 2.14. The third kappa shape index (κ3) is 3.54. The fraction of sp³-hybridized carbons (Fsp3) is 0.357. The van der Waals surface area contributed by atoms with E-state index in [0.29, 0.717) is 0 Å². The van der Waals surface area contributed by atoms with Crippen LogP contribution in [0.4, 0.5) is 5.69 Å². The summed E-state index contributed by atoms with van der Waals surface area (Å²) in [7, 11) is 2.06. The van der Waals surface area contributed by atoms with Crippen LogP contribution in [0.3, 0.4) is 0 Å². The number of benzene rings is 1. The average Bonchev–Trinajstić information content (AvgIpc) is 2.29. The Morgan fingerprint density at radius 2 is 2.00 bits per heavy atom. The molecule has 0 aromatic heterocycles. The molecule has 0 bridgehead atoms. The minimum absolute atomic E-state index is 0.112. The second-order valence-electron chi connectivity index (χ2n) is 3.96. The van der Waals surface area contributed by atoms with Crippen LogP contribution >= 0.6 is 0 Å². The van der Waals surface area contributed by atoms with Gasteiger partial charge in [-0.2, -0.15) is 0 Å². The fourth-order valence-electron chi connectivity index (χ4n) is 1.55. The number of hydrogen-bond donors (Lipinski definition) is 0. The molecule has 1 aromatic rings. The van der Waals surface area contributed by atoms with Crippen LogP contribution in [-0.2, 0) is 0 Å². The molecule has 0 saturated carbocycles. The number of carbonyl (C=O) groups excluding carboxylic acids is 1. The lowest BCUT2D eigenvalue weighted by Crippen LogP contribution is -2.18. The van der Waals surface area contributed by atoms with Gasteiger partial charge in [-0.05, 0) is 44.0 Å². The standard InChI is InChI=1S/C14H19NO/c1-4-5-6-11-15(3)14-9-7-13(8-10-14)12(2)16/h4,7-10H,1,5-6,11H2,2-3H3. The molecule has 2 heteroatoms. The number of carbonyl (C=O) groups is 1. The normalized spacial score (nSPS) is 9.88. The number of allylic oxidation sites excluding steroid dienone is 1. The number of nitrogens with zero attached hydrogens (tertiary/aromatic N) is 1. The largest absolute Gasteiger partial charge is 0.375 e.